The van der Waals surface area contributed by atoms with Gasteiger partial charge in [0.1, 0.15) is 0 Å². The van der Waals surface area contributed by atoms with Crippen molar-refractivity contribution in [3.8, 4) is 0 Å². The van der Waals surface area contributed by atoms with E-state index in [0.717, 1.165) is 5.56 Å². The normalized spacial score (nSPS) is 10.9. The molecule has 0 amide bonds. The van der Waals surface area contributed by atoms with E-state index in [9.17, 15) is 9.59 Å². The lowest BCUT2D eigenvalue weighted by Gasteiger charge is -2.11. The van der Waals surface area contributed by atoms with E-state index in [1.165, 1.54) is 4.68 Å². The zero-order valence-corrected chi connectivity index (χ0v) is 15.5. The van der Waals surface area contributed by atoms with E-state index in [1.807, 2.05) is 0 Å². The minimum atomic E-state index is -0.384. The first-order valence-corrected chi connectivity index (χ1v) is 8.83. The second-order valence-electron chi connectivity index (χ2n) is 5.69. The van der Waals surface area contributed by atoms with Crippen molar-refractivity contribution in [2.45, 2.75) is 19.9 Å². The van der Waals surface area contributed by atoms with Crippen LogP contribution in [0.2, 0.25) is 10.0 Å². The van der Waals surface area contributed by atoms with E-state index in [2.05, 4.69) is 5.10 Å². The number of esters is 1. The zero-order chi connectivity index (χ0) is 18.7. The van der Waals surface area contributed by atoms with Gasteiger partial charge in [0.05, 0.1) is 40.7 Å². The average molecular weight is 391 g/mol. The molecule has 1 heterocycles. The number of aromatic nitrogens is 2. The molecule has 0 spiro atoms. The summed E-state index contributed by atoms with van der Waals surface area (Å²) in [5.41, 5.74) is 1.05. The number of rotatable bonds is 5. The van der Waals surface area contributed by atoms with Crippen LogP contribution < -0.4 is 5.56 Å². The number of carbonyl (C=O) groups is 1. The third-order valence-corrected chi connectivity index (χ3v) is 4.62. The lowest BCUT2D eigenvalue weighted by atomic mass is 10.1. The van der Waals surface area contributed by atoms with Gasteiger partial charge >= 0.3 is 5.97 Å². The average Bonchev–Trinajstić information content (AvgIpc) is 2.62. The largest absolute Gasteiger partial charge is 0.466 e. The Morgan fingerprint density at radius 3 is 2.54 bits per heavy atom. The van der Waals surface area contributed by atoms with Gasteiger partial charge in [0.25, 0.3) is 5.56 Å². The number of ether oxygens (including phenoxy) is 1. The van der Waals surface area contributed by atoms with Crippen molar-refractivity contribution in [1.29, 1.82) is 0 Å². The van der Waals surface area contributed by atoms with Crippen LogP contribution in [0, 0.1) is 0 Å². The second-order valence-corrected chi connectivity index (χ2v) is 6.50. The molecule has 134 valence electrons. The number of hydrogen-bond donors (Lipinski definition) is 0. The molecule has 0 unspecified atom stereocenters. The summed E-state index contributed by atoms with van der Waals surface area (Å²) >= 11 is 12.0. The molecule has 0 bridgehead atoms. The van der Waals surface area contributed by atoms with Crippen molar-refractivity contribution < 1.29 is 9.53 Å². The predicted molar refractivity (Wildman–Crippen MR) is 102 cm³/mol. The van der Waals surface area contributed by atoms with Crippen LogP contribution >= 0.6 is 23.2 Å². The maximum absolute atomic E-state index is 12.8. The third kappa shape index (κ3) is 3.89. The van der Waals surface area contributed by atoms with Crippen molar-refractivity contribution >= 4 is 39.9 Å². The van der Waals surface area contributed by atoms with Gasteiger partial charge in [0, 0.05) is 5.39 Å². The van der Waals surface area contributed by atoms with E-state index >= 15 is 0 Å². The molecule has 0 fully saturated rings. The van der Waals surface area contributed by atoms with Gasteiger partial charge in [-0.2, -0.15) is 5.10 Å². The van der Waals surface area contributed by atoms with Crippen LogP contribution in [-0.2, 0) is 22.5 Å². The Hall–Kier alpha value is -2.37. The number of benzene rings is 2. The number of fused-ring (bicyclic) bond motifs is 1. The Morgan fingerprint density at radius 1 is 1.12 bits per heavy atom. The summed E-state index contributed by atoms with van der Waals surface area (Å²) in [6, 6.07) is 12.2. The summed E-state index contributed by atoms with van der Waals surface area (Å²) in [6.07, 6.45) is -0.00396. The lowest BCUT2D eigenvalue weighted by Crippen LogP contribution is -2.26. The van der Waals surface area contributed by atoms with Gasteiger partial charge in [-0.05, 0) is 30.7 Å². The Kier molecular flexibility index (Phi) is 5.59. The molecule has 2 aromatic carbocycles. The molecule has 0 saturated carbocycles. The summed E-state index contributed by atoms with van der Waals surface area (Å²) in [7, 11) is 0. The molecular weight excluding hydrogens is 375 g/mol. The SMILES string of the molecule is CCOC(=O)Cc1nn(Cc2ccc(Cl)c(Cl)c2)c(=O)c2ccccc12. The minimum absolute atomic E-state index is 0.00396. The first-order chi connectivity index (χ1) is 12.5. The van der Waals surface area contributed by atoms with Gasteiger partial charge in [-0.1, -0.05) is 47.5 Å². The fourth-order valence-electron chi connectivity index (χ4n) is 2.70. The maximum Gasteiger partial charge on any atom is 0.311 e. The second kappa shape index (κ2) is 7.89. The molecule has 3 aromatic rings. The van der Waals surface area contributed by atoms with E-state index < -0.39 is 0 Å². The quantitative estimate of drug-likeness (QED) is 0.620. The van der Waals surface area contributed by atoms with Gasteiger partial charge in [0.2, 0.25) is 0 Å². The number of hydrogen-bond acceptors (Lipinski definition) is 4. The number of nitrogens with zero attached hydrogens (tertiary/aromatic N) is 2. The summed E-state index contributed by atoms with van der Waals surface area (Å²) in [5.74, 6) is -0.384. The topological polar surface area (TPSA) is 61.2 Å². The smallest absolute Gasteiger partial charge is 0.311 e. The first kappa shape index (κ1) is 18.4. The predicted octanol–water partition coefficient (Wildman–Crippen LogP) is 3.86. The molecule has 1 aromatic heterocycles. The summed E-state index contributed by atoms with van der Waals surface area (Å²) in [4.78, 5) is 24.7. The van der Waals surface area contributed by atoms with Crippen LogP contribution in [0.4, 0.5) is 0 Å². The molecule has 0 atom stereocenters. The van der Waals surface area contributed by atoms with E-state index in [4.69, 9.17) is 27.9 Å². The maximum atomic E-state index is 12.8. The van der Waals surface area contributed by atoms with Crippen LogP contribution in [0.3, 0.4) is 0 Å². The van der Waals surface area contributed by atoms with Crippen LogP contribution in [0.15, 0.2) is 47.3 Å². The molecule has 0 aliphatic heterocycles. The van der Waals surface area contributed by atoms with Gasteiger partial charge < -0.3 is 4.74 Å². The van der Waals surface area contributed by atoms with Crippen molar-refractivity contribution in [2.24, 2.45) is 0 Å². The number of carbonyl (C=O) groups excluding carboxylic acids is 1. The van der Waals surface area contributed by atoms with E-state index in [0.29, 0.717) is 33.1 Å². The van der Waals surface area contributed by atoms with Gasteiger partial charge in [-0.3, -0.25) is 9.59 Å². The van der Waals surface area contributed by atoms with Crippen molar-refractivity contribution in [1.82, 2.24) is 9.78 Å². The summed E-state index contributed by atoms with van der Waals surface area (Å²) in [5, 5.41) is 6.40. The molecular formula is C19H16Cl2N2O3. The highest BCUT2D eigenvalue weighted by Crippen LogP contribution is 2.23. The molecule has 0 aliphatic rings. The Labute approximate surface area is 160 Å². The molecule has 0 radical (unpaired) electrons. The summed E-state index contributed by atoms with van der Waals surface area (Å²) < 4.78 is 6.34. The Balaban J connectivity index is 2.07. The van der Waals surface area contributed by atoms with Gasteiger partial charge in [-0.15, -0.1) is 0 Å². The van der Waals surface area contributed by atoms with Crippen LogP contribution in [0.1, 0.15) is 18.2 Å². The van der Waals surface area contributed by atoms with Crippen LogP contribution in [-0.4, -0.2) is 22.4 Å². The monoisotopic (exact) mass is 390 g/mol. The molecule has 0 aliphatic carbocycles. The fraction of sp³-hybridized carbons (Fsp3) is 0.211. The Bertz CT molecular complexity index is 1030. The molecule has 0 saturated heterocycles. The van der Waals surface area contributed by atoms with E-state index in [-0.39, 0.29) is 24.5 Å². The van der Waals surface area contributed by atoms with E-state index in [1.54, 1.807) is 49.4 Å². The van der Waals surface area contributed by atoms with Crippen molar-refractivity contribution in [2.75, 3.05) is 6.61 Å². The highest BCUT2D eigenvalue weighted by molar-refractivity contribution is 6.42. The van der Waals surface area contributed by atoms with Crippen molar-refractivity contribution in [3.05, 3.63) is 74.1 Å². The molecule has 5 nitrogen and oxygen atoms in total. The van der Waals surface area contributed by atoms with Gasteiger partial charge in [0.15, 0.2) is 0 Å². The first-order valence-electron chi connectivity index (χ1n) is 8.08. The molecule has 0 N–H and O–H groups in total. The molecule has 3 rings (SSSR count). The van der Waals surface area contributed by atoms with Gasteiger partial charge in [-0.25, -0.2) is 4.68 Å². The summed E-state index contributed by atoms with van der Waals surface area (Å²) in [6.45, 7) is 2.25. The highest BCUT2D eigenvalue weighted by Gasteiger charge is 2.14. The minimum Gasteiger partial charge on any atom is -0.466 e. The Morgan fingerprint density at radius 2 is 1.85 bits per heavy atom. The van der Waals surface area contributed by atoms with Crippen LogP contribution in [0.25, 0.3) is 10.8 Å². The molecule has 26 heavy (non-hydrogen) atoms. The zero-order valence-electron chi connectivity index (χ0n) is 14.0. The highest BCUT2D eigenvalue weighted by atomic mass is 35.5. The molecule has 7 heteroatoms. The third-order valence-electron chi connectivity index (χ3n) is 3.88. The lowest BCUT2D eigenvalue weighted by molar-refractivity contribution is -0.142. The van der Waals surface area contributed by atoms with Crippen molar-refractivity contribution in [3.63, 3.8) is 0 Å². The number of halogens is 2. The fourth-order valence-corrected chi connectivity index (χ4v) is 3.02. The van der Waals surface area contributed by atoms with Crippen LogP contribution in [0.5, 0.6) is 0 Å². The standard InChI is InChI=1S/C19H16Cl2N2O3/c1-2-26-18(24)10-17-13-5-3-4-6-14(13)19(25)23(22-17)11-12-7-8-15(20)16(21)9-12/h3-9H,2,10-11H2,1H3.